The number of anilines is 1. The Morgan fingerprint density at radius 3 is 2.55 bits per heavy atom. The zero-order chi connectivity index (χ0) is 14.8. The molecule has 20 heavy (non-hydrogen) atoms. The van der Waals surface area contributed by atoms with E-state index >= 15 is 0 Å². The number of hydrogen-bond donors (Lipinski definition) is 1. The van der Waals surface area contributed by atoms with Gasteiger partial charge in [0.15, 0.2) is 0 Å². The Morgan fingerprint density at radius 2 is 1.90 bits per heavy atom. The number of benzene rings is 2. The lowest BCUT2D eigenvalue weighted by Crippen LogP contribution is -2.14. The smallest absolute Gasteiger partial charge is 0.263 e. The Balaban J connectivity index is 2.47. The molecule has 0 saturated carbocycles. The largest absolute Gasteiger partial charge is 0.278 e. The average molecular weight is 372 g/mol. The lowest BCUT2D eigenvalue weighted by atomic mass is 10.2. The van der Waals surface area contributed by atoms with Gasteiger partial charge >= 0.3 is 0 Å². The van der Waals surface area contributed by atoms with Crippen LogP contribution in [0.4, 0.5) is 5.69 Å². The molecule has 0 bridgehead atoms. The summed E-state index contributed by atoms with van der Waals surface area (Å²) >= 11 is 9.12. The highest BCUT2D eigenvalue weighted by atomic mass is 79.9. The predicted molar refractivity (Wildman–Crippen MR) is 81.1 cm³/mol. The van der Waals surface area contributed by atoms with Crippen LogP contribution in [0.2, 0.25) is 5.02 Å². The van der Waals surface area contributed by atoms with Gasteiger partial charge in [0.05, 0.1) is 16.3 Å². The van der Waals surface area contributed by atoms with Crippen LogP contribution in [0.3, 0.4) is 0 Å². The van der Waals surface area contributed by atoms with Gasteiger partial charge < -0.3 is 0 Å². The average Bonchev–Trinajstić information content (AvgIpc) is 2.39. The Hall–Kier alpha value is -1.55. The summed E-state index contributed by atoms with van der Waals surface area (Å²) in [4.78, 5) is -0.0365. The first-order chi connectivity index (χ1) is 9.44. The van der Waals surface area contributed by atoms with E-state index < -0.39 is 10.0 Å². The van der Waals surface area contributed by atoms with Crippen molar-refractivity contribution in [2.24, 2.45) is 0 Å². The van der Waals surface area contributed by atoms with Crippen LogP contribution in [0, 0.1) is 11.3 Å². The molecule has 0 spiro atoms. The first kappa shape index (κ1) is 14.9. The lowest BCUT2D eigenvalue weighted by molar-refractivity contribution is 0.601. The van der Waals surface area contributed by atoms with Crippen LogP contribution >= 0.6 is 27.5 Å². The molecular formula is C13H8BrClN2O2S. The van der Waals surface area contributed by atoms with Gasteiger partial charge in [-0.3, -0.25) is 4.72 Å². The van der Waals surface area contributed by atoms with E-state index in [1.165, 1.54) is 24.3 Å². The van der Waals surface area contributed by atoms with Crippen LogP contribution in [-0.4, -0.2) is 8.42 Å². The highest BCUT2D eigenvalue weighted by molar-refractivity contribution is 9.10. The molecule has 0 amide bonds. The van der Waals surface area contributed by atoms with Gasteiger partial charge in [-0.25, -0.2) is 8.42 Å². The van der Waals surface area contributed by atoms with Crippen molar-refractivity contribution >= 4 is 43.2 Å². The number of halogens is 2. The maximum atomic E-state index is 12.3. The second kappa shape index (κ2) is 5.83. The number of rotatable bonds is 3. The molecule has 0 unspecified atom stereocenters. The lowest BCUT2D eigenvalue weighted by Gasteiger charge is -2.10. The molecule has 0 fully saturated rings. The Labute approximate surface area is 130 Å². The van der Waals surface area contributed by atoms with Crippen molar-refractivity contribution in [1.29, 1.82) is 5.26 Å². The standard InChI is InChI=1S/C13H8BrClN2O2S/c14-10-6-5-9(8-16)12(7-10)17-20(18,19)13-4-2-1-3-11(13)15/h1-7,17H. The van der Waals surface area contributed by atoms with Crippen LogP contribution in [0.15, 0.2) is 51.8 Å². The van der Waals surface area contributed by atoms with Crippen LogP contribution in [0.5, 0.6) is 0 Å². The molecule has 4 nitrogen and oxygen atoms in total. The maximum Gasteiger partial charge on any atom is 0.263 e. The minimum absolute atomic E-state index is 0.0365. The van der Waals surface area contributed by atoms with E-state index in [1.54, 1.807) is 18.2 Å². The topological polar surface area (TPSA) is 70.0 Å². The van der Waals surface area contributed by atoms with Gasteiger partial charge in [0.2, 0.25) is 0 Å². The highest BCUT2D eigenvalue weighted by Crippen LogP contribution is 2.26. The Bertz CT molecular complexity index is 800. The SMILES string of the molecule is N#Cc1ccc(Br)cc1NS(=O)(=O)c1ccccc1Cl. The molecule has 2 rings (SSSR count). The van der Waals surface area contributed by atoms with Crippen molar-refractivity contribution in [2.75, 3.05) is 4.72 Å². The van der Waals surface area contributed by atoms with Gasteiger partial charge in [-0.05, 0) is 30.3 Å². The second-order valence-corrected chi connectivity index (χ2v) is 6.81. The summed E-state index contributed by atoms with van der Waals surface area (Å²) in [6.45, 7) is 0. The van der Waals surface area contributed by atoms with Gasteiger partial charge in [-0.15, -0.1) is 0 Å². The molecule has 0 heterocycles. The number of hydrogen-bond acceptors (Lipinski definition) is 3. The quantitative estimate of drug-likeness (QED) is 0.892. The molecule has 0 aliphatic carbocycles. The fourth-order valence-corrected chi connectivity index (χ4v) is 3.51. The molecule has 2 aromatic rings. The normalized spacial score (nSPS) is 10.8. The van der Waals surface area contributed by atoms with Gasteiger partial charge in [-0.1, -0.05) is 39.7 Å². The molecule has 102 valence electrons. The summed E-state index contributed by atoms with van der Waals surface area (Å²) in [7, 11) is -3.85. The van der Waals surface area contributed by atoms with Crippen LogP contribution < -0.4 is 4.72 Å². The minimum atomic E-state index is -3.85. The first-order valence-electron chi connectivity index (χ1n) is 5.41. The number of nitriles is 1. The van der Waals surface area contributed by atoms with Crippen molar-refractivity contribution in [1.82, 2.24) is 0 Å². The molecule has 0 aliphatic rings. The van der Waals surface area contributed by atoms with Crippen LogP contribution in [-0.2, 0) is 10.0 Å². The third-order valence-corrected chi connectivity index (χ3v) is 4.83. The molecular weight excluding hydrogens is 364 g/mol. The van der Waals surface area contributed by atoms with Crippen molar-refractivity contribution in [3.05, 3.63) is 57.5 Å². The molecule has 0 aliphatic heterocycles. The predicted octanol–water partition coefficient (Wildman–Crippen LogP) is 3.77. The maximum absolute atomic E-state index is 12.3. The molecule has 0 atom stereocenters. The van der Waals surface area contributed by atoms with E-state index in [-0.39, 0.29) is 21.2 Å². The van der Waals surface area contributed by atoms with Gasteiger partial charge in [0.25, 0.3) is 10.0 Å². The van der Waals surface area contributed by atoms with Crippen LogP contribution in [0.25, 0.3) is 0 Å². The van der Waals surface area contributed by atoms with E-state index in [1.807, 2.05) is 6.07 Å². The third-order valence-electron chi connectivity index (χ3n) is 2.47. The molecule has 0 radical (unpaired) electrons. The number of nitrogens with zero attached hydrogens (tertiary/aromatic N) is 1. The van der Waals surface area contributed by atoms with E-state index in [2.05, 4.69) is 20.7 Å². The van der Waals surface area contributed by atoms with E-state index in [0.717, 1.165) is 0 Å². The van der Waals surface area contributed by atoms with Gasteiger partial charge in [0.1, 0.15) is 11.0 Å². The second-order valence-electron chi connectivity index (χ2n) is 3.84. The van der Waals surface area contributed by atoms with Gasteiger partial charge in [-0.2, -0.15) is 5.26 Å². The summed E-state index contributed by atoms with van der Waals surface area (Å²) in [6.07, 6.45) is 0. The van der Waals surface area contributed by atoms with E-state index in [0.29, 0.717) is 4.47 Å². The number of sulfonamides is 1. The first-order valence-corrected chi connectivity index (χ1v) is 8.06. The zero-order valence-electron chi connectivity index (χ0n) is 9.97. The summed E-state index contributed by atoms with van der Waals surface area (Å²) in [5, 5.41) is 9.12. The fraction of sp³-hybridized carbons (Fsp3) is 0. The van der Waals surface area contributed by atoms with E-state index in [4.69, 9.17) is 16.9 Å². The molecule has 0 saturated heterocycles. The van der Waals surface area contributed by atoms with Crippen molar-refractivity contribution in [3.63, 3.8) is 0 Å². The molecule has 0 aromatic heterocycles. The molecule has 7 heteroatoms. The minimum Gasteiger partial charge on any atom is -0.278 e. The van der Waals surface area contributed by atoms with Crippen molar-refractivity contribution < 1.29 is 8.42 Å². The summed E-state index contributed by atoms with van der Waals surface area (Å²) in [6, 6.07) is 12.7. The van der Waals surface area contributed by atoms with Crippen LogP contribution in [0.1, 0.15) is 5.56 Å². The van der Waals surface area contributed by atoms with Crippen molar-refractivity contribution in [2.45, 2.75) is 4.90 Å². The monoisotopic (exact) mass is 370 g/mol. The fourth-order valence-electron chi connectivity index (χ4n) is 1.56. The Morgan fingerprint density at radius 1 is 1.20 bits per heavy atom. The van der Waals surface area contributed by atoms with Gasteiger partial charge in [0, 0.05) is 4.47 Å². The summed E-state index contributed by atoms with van der Waals surface area (Å²) in [5.74, 6) is 0. The van der Waals surface area contributed by atoms with Crippen molar-refractivity contribution in [3.8, 4) is 6.07 Å². The molecule has 1 N–H and O–H groups in total. The summed E-state index contributed by atoms with van der Waals surface area (Å²) in [5.41, 5.74) is 0.422. The zero-order valence-corrected chi connectivity index (χ0v) is 13.1. The molecule has 2 aromatic carbocycles. The highest BCUT2D eigenvalue weighted by Gasteiger charge is 2.19. The summed E-state index contributed by atoms with van der Waals surface area (Å²) < 4.78 is 27.6. The number of nitrogens with one attached hydrogen (secondary N) is 1. The van der Waals surface area contributed by atoms with E-state index in [9.17, 15) is 8.42 Å². The Kier molecular flexibility index (Phi) is 4.33. The third kappa shape index (κ3) is 3.12.